The van der Waals surface area contributed by atoms with Crippen LogP contribution in [0.4, 0.5) is 4.79 Å². The van der Waals surface area contributed by atoms with E-state index in [1.54, 1.807) is 0 Å². The number of urea groups is 1. The first kappa shape index (κ1) is 17.6. The van der Waals surface area contributed by atoms with Crippen LogP contribution in [0.1, 0.15) is 24.2 Å². The lowest BCUT2D eigenvalue weighted by Crippen LogP contribution is -2.44. The van der Waals surface area contributed by atoms with Crippen molar-refractivity contribution in [1.82, 2.24) is 19.8 Å². The number of para-hydroxylation sites is 2. The highest BCUT2D eigenvalue weighted by Crippen LogP contribution is 2.23. The summed E-state index contributed by atoms with van der Waals surface area (Å²) in [7, 11) is 0. The molecule has 140 valence electrons. The van der Waals surface area contributed by atoms with Gasteiger partial charge in [-0.3, -0.25) is 0 Å². The van der Waals surface area contributed by atoms with Gasteiger partial charge in [-0.1, -0.05) is 42.5 Å². The first-order valence-corrected chi connectivity index (χ1v) is 9.69. The molecule has 1 N–H and O–H groups in total. The lowest BCUT2D eigenvalue weighted by Gasteiger charge is -2.32. The van der Waals surface area contributed by atoms with Crippen molar-refractivity contribution in [1.29, 1.82) is 0 Å². The van der Waals surface area contributed by atoms with Crippen LogP contribution in [0.3, 0.4) is 0 Å². The third-order valence-corrected chi connectivity index (χ3v) is 5.47. The zero-order valence-electron chi connectivity index (χ0n) is 15.8. The number of nitrogens with one attached hydrogen (secondary N) is 1. The first-order chi connectivity index (χ1) is 13.2. The Hall–Kier alpha value is -2.82. The maximum atomic E-state index is 12.4. The molecule has 0 aliphatic carbocycles. The average molecular weight is 362 g/mol. The molecule has 5 heteroatoms. The highest BCUT2D eigenvalue weighted by molar-refractivity contribution is 5.76. The maximum Gasteiger partial charge on any atom is 0.317 e. The first-order valence-electron chi connectivity index (χ1n) is 9.69. The summed E-state index contributed by atoms with van der Waals surface area (Å²) in [5.41, 5.74) is 3.40. The van der Waals surface area contributed by atoms with Crippen LogP contribution in [0.25, 0.3) is 11.0 Å². The van der Waals surface area contributed by atoms with Crippen molar-refractivity contribution in [2.24, 2.45) is 5.92 Å². The molecule has 0 radical (unpaired) electrons. The fourth-order valence-corrected chi connectivity index (χ4v) is 3.89. The zero-order valence-corrected chi connectivity index (χ0v) is 15.8. The monoisotopic (exact) mass is 362 g/mol. The number of carbonyl (C=O) groups excluding carboxylic acids is 1. The fraction of sp³-hybridized carbons (Fsp3) is 0.364. The SMILES string of the molecule is Cc1nc2ccccc2n1CC1CCN(C(=O)NCc2ccccc2)CC1. The summed E-state index contributed by atoms with van der Waals surface area (Å²) in [5.74, 6) is 1.65. The molecular weight excluding hydrogens is 336 g/mol. The largest absolute Gasteiger partial charge is 0.334 e. The number of aryl methyl sites for hydroxylation is 1. The molecule has 1 aromatic heterocycles. The van der Waals surface area contributed by atoms with Crippen LogP contribution in [-0.2, 0) is 13.1 Å². The number of nitrogens with zero attached hydrogens (tertiary/aromatic N) is 3. The van der Waals surface area contributed by atoms with Crippen molar-refractivity contribution in [3.8, 4) is 0 Å². The number of likely N-dealkylation sites (tertiary alicyclic amines) is 1. The van der Waals surface area contributed by atoms with Gasteiger partial charge in [0.25, 0.3) is 0 Å². The Balaban J connectivity index is 1.31. The number of hydrogen-bond acceptors (Lipinski definition) is 2. The van der Waals surface area contributed by atoms with Crippen molar-refractivity contribution >= 4 is 17.1 Å². The van der Waals surface area contributed by atoms with Gasteiger partial charge in [0.2, 0.25) is 0 Å². The van der Waals surface area contributed by atoms with Crippen molar-refractivity contribution in [2.75, 3.05) is 13.1 Å². The van der Waals surface area contributed by atoms with E-state index in [2.05, 4.69) is 40.0 Å². The molecule has 27 heavy (non-hydrogen) atoms. The van der Waals surface area contributed by atoms with Gasteiger partial charge in [-0.2, -0.15) is 0 Å². The summed E-state index contributed by atoms with van der Waals surface area (Å²) in [6, 6.07) is 18.4. The molecule has 1 aliphatic rings. The van der Waals surface area contributed by atoms with Gasteiger partial charge in [0, 0.05) is 26.2 Å². The van der Waals surface area contributed by atoms with E-state index < -0.39 is 0 Å². The molecule has 4 rings (SSSR count). The van der Waals surface area contributed by atoms with Crippen LogP contribution >= 0.6 is 0 Å². The van der Waals surface area contributed by atoms with E-state index in [0.717, 1.165) is 49.4 Å². The Morgan fingerprint density at radius 2 is 1.78 bits per heavy atom. The fourth-order valence-electron chi connectivity index (χ4n) is 3.89. The summed E-state index contributed by atoms with van der Waals surface area (Å²) < 4.78 is 2.32. The smallest absolute Gasteiger partial charge is 0.317 e. The number of rotatable bonds is 4. The predicted molar refractivity (Wildman–Crippen MR) is 107 cm³/mol. The zero-order chi connectivity index (χ0) is 18.6. The molecule has 2 heterocycles. The summed E-state index contributed by atoms with van der Waals surface area (Å²) in [5, 5.41) is 3.03. The summed E-state index contributed by atoms with van der Waals surface area (Å²) >= 11 is 0. The Bertz CT molecular complexity index is 910. The molecule has 5 nitrogen and oxygen atoms in total. The number of amides is 2. The molecule has 3 aromatic rings. The van der Waals surface area contributed by atoms with Crippen LogP contribution in [0, 0.1) is 12.8 Å². The highest BCUT2D eigenvalue weighted by Gasteiger charge is 2.23. The maximum absolute atomic E-state index is 12.4. The second-order valence-corrected chi connectivity index (χ2v) is 7.33. The summed E-state index contributed by atoms with van der Waals surface area (Å²) in [6.07, 6.45) is 2.06. The van der Waals surface area contributed by atoms with Crippen LogP contribution in [0.15, 0.2) is 54.6 Å². The van der Waals surface area contributed by atoms with Gasteiger partial charge in [0.1, 0.15) is 5.82 Å². The molecule has 0 spiro atoms. The second-order valence-electron chi connectivity index (χ2n) is 7.33. The van der Waals surface area contributed by atoms with Gasteiger partial charge in [-0.15, -0.1) is 0 Å². The minimum absolute atomic E-state index is 0.0431. The van der Waals surface area contributed by atoms with Crippen molar-refractivity contribution in [3.63, 3.8) is 0 Å². The van der Waals surface area contributed by atoms with E-state index in [0.29, 0.717) is 12.5 Å². The molecule has 2 amide bonds. The van der Waals surface area contributed by atoms with Crippen molar-refractivity contribution in [3.05, 3.63) is 66.0 Å². The van der Waals surface area contributed by atoms with E-state index in [9.17, 15) is 4.79 Å². The van der Waals surface area contributed by atoms with Gasteiger partial charge < -0.3 is 14.8 Å². The molecule has 0 atom stereocenters. The number of carbonyl (C=O) groups is 1. The number of aromatic nitrogens is 2. The normalized spacial score (nSPS) is 15.2. The van der Waals surface area contributed by atoms with E-state index in [4.69, 9.17) is 0 Å². The summed E-state index contributed by atoms with van der Waals surface area (Å²) in [4.78, 5) is 19.0. The standard InChI is InChI=1S/C22H26N4O/c1-17-24-20-9-5-6-10-21(20)26(17)16-19-11-13-25(14-12-19)22(27)23-15-18-7-3-2-4-8-18/h2-10,19H,11-16H2,1H3,(H,23,27). The Kier molecular flexibility index (Phi) is 5.10. The Morgan fingerprint density at radius 3 is 2.56 bits per heavy atom. The van der Waals surface area contributed by atoms with E-state index in [1.807, 2.05) is 41.3 Å². The van der Waals surface area contributed by atoms with E-state index in [-0.39, 0.29) is 6.03 Å². The van der Waals surface area contributed by atoms with Gasteiger partial charge in [0.15, 0.2) is 0 Å². The van der Waals surface area contributed by atoms with Crippen LogP contribution in [-0.4, -0.2) is 33.6 Å². The van der Waals surface area contributed by atoms with Gasteiger partial charge in [-0.05, 0) is 43.4 Å². The molecule has 1 saturated heterocycles. The predicted octanol–water partition coefficient (Wildman–Crippen LogP) is 3.97. The third-order valence-electron chi connectivity index (χ3n) is 5.47. The lowest BCUT2D eigenvalue weighted by molar-refractivity contribution is 0.165. The highest BCUT2D eigenvalue weighted by atomic mass is 16.2. The van der Waals surface area contributed by atoms with E-state index in [1.165, 1.54) is 5.52 Å². The molecule has 2 aromatic carbocycles. The molecule has 1 fully saturated rings. The second kappa shape index (κ2) is 7.82. The number of benzene rings is 2. The van der Waals surface area contributed by atoms with Crippen LogP contribution < -0.4 is 5.32 Å². The third kappa shape index (κ3) is 3.97. The van der Waals surface area contributed by atoms with Gasteiger partial charge in [-0.25, -0.2) is 9.78 Å². The number of imidazole rings is 1. The van der Waals surface area contributed by atoms with Crippen LogP contribution in [0.5, 0.6) is 0 Å². The summed E-state index contributed by atoms with van der Waals surface area (Å²) in [6.45, 7) is 5.27. The number of hydrogen-bond donors (Lipinski definition) is 1. The van der Waals surface area contributed by atoms with Gasteiger partial charge in [0.05, 0.1) is 11.0 Å². The Labute approximate surface area is 160 Å². The van der Waals surface area contributed by atoms with Crippen molar-refractivity contribution in [2.45, 2.75) is 32.9 Å². The molecule has 1 aliphatic heterocycles. The van der Waals surface area contributed by atoms with Crippen molar-refractivity contribution < 1.29 is 4.79 Å². The Morgan fingerprint density at radius 1 is 1.07 bits per heavy atom. The number of piperidine rings is 1. The van der Waals surface area contributed by atoms with Crippen LogP contribution in [0.2, 0.25) is 0 Å². The molecule has 0 unspecified atom stereocenters. The minimum atomic E-state index is 0.0431. The molecule has 0 saturated carbocycles. The molecule has 0 bridgehead atoms. The van der Waals surface area contributed by atoms with Gasteiger partial charge >= 0.3 is 6.03 Å². The average Bonchev–Trinajstić information content (AvgIpc) is 3.03. The topological polar surface area (TPSA) is 50.2 Å². The minimum Gasteiger partial charge on any atom is -0.334 e. The molecular formula is C22H26N4O. The number of fused-ring (bicyclic) bond motifs is 1. The lowest BCUT2D eigenvalue weighted by atomic mass is 9.97. The quantitative estimate of drug-likeness (QED) is 0.763. The van der Waals surface area contributed by atoms with E-state index >= 15 is 0 Å².